The highest BCUT2D eigenvalue weighted by molar-refractivity contribution is 5.38. The van der Waals surface area contributed by atoms with Crippen LogP contribution in [0.1, 0.15) is 11.3 Å². The van der Waals surface area contributed by atoms with Crippen LogP contribution in [0.2, 0.25) is 0 Å². The Labute approximate surface area is 112 Å². The first kappa shape index (κ1) is 13.2. The maximum Gasteiger partial charge on any atom is 0.119 e. The monoisotopic (exact) mass is 256 g/mol. The third-order valence-corrected chi connectivity index (χ3v) is 2.72. The van der Waals surface area contributed by atoms with Gasteiger partial charge in [0.15, 0.2) is 0 Å². The molecule has 4 nitrogen and oxygen atoms in total. The molecule has 1 aromatic carbocycles. The molecule has 98 valence electrons. The zero-order valence-corrected chi connectivity index (χ0v) is 10.8. The summed E-state index contributed by atoms with van der Waals surface area (Å²) in [4.78, 5) is 0. The molecule has 1 N–H and O–H groups in total. The molecule has 19 heavy (non-hydrogen) atoms. The Morgan fingerprint density at radius 3 is 2.68 bits per heavy atom. The second kappa shape index (κ2) is 6.62. The van der Waals surface area contributed by atoms with Gasteiger partial charge in [-0.3, -0.25) is 4.68 Å². The normalized spacial score (nSPS) is 9.79. The number of benzene rings is 1. The van der Waals surface area contributed by atoms with Crippen molar-refractivity contribution in [2.45, 2.75) is 6.42 Å². The third kappa shape index (κ3) is 3.87. The molecule has 2 aromatic rings. The number of hydrogen-bond donors (Lipinski definition) is 1. The van der Waals surface area contributed by atoms with Gasteiger partial charge in [-0.25, -0.2) is 0 Å². The van der Waals surface area contributed by atoms with E-state index in [-0.39, 0.29) is 6.61 Å². The number of ether oxygens (including phenoxy) is 1. The summed E-state index contributed by atoms with van der Waals surface area (Å²) in [6.07, 6.45) is 2.60. The first-order chi connectivity index (χ1) is 9.29. The van der Waals surface area contributed by atoms with E-state index in [9.17, 15) is 0 Å². The summed E-state index contributed by atoms with van der Waals surface area (Å²) in [6, 6.07) is 9.50. The standard InChI is InChI=1S/C15H16N2O2/c1-17-14(8-10-16-17)9-12-19-15-6-4-13(5-7-15)3-2-11-18/h4-8,10,18H,9,11-12H2,1H3. The fraction of sp³-hybridized carbons (Fsp3) is 0.267. The molecule has 0 bridgehead atoms. The van der Waals surface area contributed by atoms with Gasteiger partial charge in [0, 0.05) is 30.9 Å². The zero-order chi connectivity index (χ0) is 13.5. The second-order valence-corrected chi connectivity index (χ2v) is 4.03. The lowest BCUT2D eigenvalue weighted by Crippen LogP contribution is -2.05. The number of aryl methyl sites for hydroxylation is 1. The van der Waals surface area contributed by atoms with Crippen molar-refractivity contribution < 1.29 is 9.84 Å². The Morgan fingerprint density at radius 1 is 1.26 bits per heavy atom. The van der Waals surface area contributed by atoms with Crippen molar-refractivity contribution in [3.05, 3.63) is 47.8 Å². The first-order valence-electron chi connectivity index (χ1n) is 6.09. The molecule has 4 heteroatoms. The van der Waals surface area contributed by atoms with Crippen molar-refractivity contribution in [3.8, 4) is 17.6 Å². The van der Waals surface area contributed by atoms with Crippen molar-refractivity contribution in [2.75, 3.05) is 13.2 Å². The molecule has 0 radical (unpaired) electrons. The molecular formula is C15H16N2O2. The molecule has 0 aliphatic heterocycles. The number of nitrogens with zero attached hydrogens (tertiary/aromatic N) is 2. The summed E-state index contributed by atoms with van der Waals surface area (Å²) in [7, 11) is 1.92. The summed E-state index contributed by atoms with van der Waals surface area (Å²) in [5.74, 6) is 6.26. The van der Waals surface area contributed by atoms with E-state index in [1.807, 2.05) is 42.1 Å². The molecule has 0 saturated carbocycles. The van der Waals surface area contributed by atoms with Crippen LogP contribution in [-0.2, 0) is 13.5 Å². The lowest BCUT2D eigenvalue weighted by Gasteiger charge is -2.06. The van der Waals surface area contributed by atoms with Crippen LogP contribution >= 0.6 is 0 Å². The van der Waals surface area contributed by atoms with Gasteiger partial charge in [0.1, 0.15) is 12.4 Å². The maximum atomic E-state index is 8.61. The molecule has 1 aromatic heterocycles. The Hall–Kier alpha value is -2.25. The lowest BCUT2D eigenvalue weighted by atomic mass is 10.2. The van der Waals surface area contributed by atoms with E-state index < -0.39 is 0 Å². The van der Waals surface area contributed by atoms with Gasteiger partial charge in [-0.05, 0) is 30.3 Å². The number of aliphatic hydroxyl groups excluding tert-OH is 1. The molecule has 1 heterocycles. The van der Waals surface area contributed by atoms with Gasteiger partial charge < -0.3 is 9.84 Å². The summed E-state index contributed by atoms with van der Waals surface area (Å²) in [6.45, 7) is 0.490. The van der Waals surface area contributed by atoms with Gasteiger partial charge in [-0.1, -0.05) is 11.8 Å². The second-order valence-electron chi connectivity index (χ2n) is 4.03. The Bertz CT molecular complexity index is 576. The summed E-state index contributed by atoms with van der Waals surface area (Å²) >= 11 is 0. The third-order valence-electron chi connectivity index (χ3n) is 2.72. The Kier molecular flexibility index (Phi) is 4.60. The van der Waals surface area contributed by atoms with Gasteiger partial charge >= 0.3 is 0 Å². The van der Waals surface area contributed by atoms with Gasteiger partial charge in [-0.2, -0.15) is 5.10 Å². The number of aliphatic hydroxyl groups is 1. The zero-order valence-electron chi connectivity index (χ0n) is 10.8. The quantitative estimate of drug-likeness (QED) is 0.841. The summed E-state index contributed by atoms with van der Waals surface area (Å²) in [5, 5.41) is 12.7. The van der Waals surface area contributed by atoms with Crippen LogP contribution in [0.5, 0.6) is 5.75 Å². The van der Waals surface area contributed by atoms with Crippen LogP contribution < -0.4 is 4.74 Å². The van der Waals surface area contributed by atoms with Gasteiger partial charge in [0.25, 0.3) is 0 Å². The van der Waals surface area contributed by atoms with Crippen LogP contribution in [-0.4, -0.2) is 28.1 Å². The van der Waals surface area contributed by atoms with Gasteiger partial charge in [0.2, 0.25) is 0 Å². The highest BCUT2D eigenvalue weighted by Gasteiger charge is 1.99. The van der Waals surface area contributed by atoms with E-state index in [0.717, 1.165) is 23.4 Å². The first-order valence-corrected chi connectivity index (χ1v) is 6.09. The molecule has 0 spiro atoms. The van der Waals surface area contributed by atoms with E-state index in [1.165, 1.54) is 0 Å². The van der Waals surface area contributed by atoms with E-state index >= 15 is 0 Å². The fourth-order valence-corrected chi connectivity index (χ4v) is 1.70. The van der Waals surface area contributed by atoms with Crippen molar-refractivity contribution in [2.24, 2.45) is 7.05 Å². The van der Waals surface area contributed by atoms with E-state index in [0.29, 0.717) is 6.61 Å². The average molecular weight is 256 g/mol. The van der Waals surface area contributed by atoms with Crippen LogP contribution in [0.3, 0.4) is 0 Å². The van der Waals surface area contributed by atoms with Crippen molar-refractivity contribution in [1.82, 2.24) is 9.78 Å². The van der Waals surface area contributed by atoms with Crippen molar-refractivity contribution >= 4 is 0 Å². The SMILES string of the molecule is Cn1nccc1CCOc1ccc(C#CCO)cc1. The minimum atomic E-state index is -0.122. The van der Waals surface area contributed by atoms with Crippen LogP contribution in [0, 0.1) is 11.8 Å². The molecule has 0 aliphatic rings. The highest BCUT2D eigenvalue weighted by Crippen LogP contribution is 2.12. The number of hydrogen-bond acceptors (Lipinski definition) is 3. The Morgan fingerprint density at radius 2 is 2.05 bits per heavy atom. The molecule has 0 saturated heterocycles. The van der Waals surface area contributed by atoms with E-state index in [1.54, 1.807) is 6.20 Å². The summed E-state index contributed by atoms with van der Waals surface area (Å²) < 4.78 is 7.50. The summed E-state index contributed by atoms with van der Waals surface area (Å²) in [5.41, 5.74) is 2.01. The van der Waals surface area contributed by atoms with Crippen LogP contribution in [0.15, 0.2) is 36.5 Å². The minimum absolute atomic E-state index is 0.122. The lowest BCUT2D eigenvalue weighted by molar-refractivity contribution is 0.318. The van der Waals surface area contributed by atoms with Crippen molar-refractivity contribution in [1.29, 1.82) is 0 Å². The largest absolute Gasteiger partial charge is 0.493 e. The highest BCUT2D eigenvalue weighted by atomic mass is 16.5. The van der Waals surface area contributed by atoms with Crippen LogP contribution in [0.4, 0.5) is 0 Å². The minimum Gasteiger partial charge on any atom is -0.493 e. The molecule has 0 unspecified atom stereocenters. The maximum absolute atomic E-state index is 8.61. The smallest absolute Gasteiger partial charge is 0.119 e. The van der Waals surface area contributed by atoms with Gasteiger partial charge in [0.05, 0.1) is 6.61 Å². The predicted molar refractivity (Wildman–Crippen MR) is 72.8 cm³/mol. The topological polar surface area (TPSA) is 47.3 Å². The number of aromatic nitrogens is 2. The predicted octanol–water partition coefficient (Wildman–Crippen LogP) is 1.39. The Balaban J connectivity index is 1.85. The van der Waals surface area contributed by atoms with Crippen LogP contribution in [0.25, 0.3) is 0 Å². The van der Waals surface area contributed by atoms with E-state index in [4.69, 9.17) is 9.84 Å². The molecule has 2 rings (SSSR count). The molecule has 0 amide bonds. The molecular weight excluding hydrogens is 240 g/mol. The number of rotatable bonds is 4. The fourth-order valence-electron chi connectivity index (χ4n) is 1.70. The molecule has 0 aliphatic carbocycles. The molecule has 0 fully saturated rings. The van der Waals surface area contributed by atoms with Crippen molar-refractivity contribution in [3.63, 3.8) is 0 Å². The van der Waals surface area contributed by atoms with E-state index in [2.05, 4.69) is 16.9 Å². The molecule has 0 atom stereocenters. The average Bonchev–Trinajstić information content (AvgIpc) is 2.84. The van der Waals surface area contributed by atoms with Gasteiger partial charge in [-0.15, -0.1) is 0 Å².